The molecule has 0 bridgehead atoms. The summed E-state index contributed by atoms with van der Waals surface area (Å²) in [6, 6.07) is 9.48. The number of carbonyl (C=O) groups is 1. The Kier molecular flexibility index (Phi) is 4.83. The molecule has 1 N–H and O–H groups in total. The molecule has 0 aliphatic carbocycles. The monoisotopic (exact) mass is 427 g/mol. The van der Waals surface area contributed by atoms with Crippen LogP contribution in [-0.4, -0.2) is 20.9 Å². The molecule has 0 radical (unpaired) electrons. The van der Waals surface area contributed by atoms with Crippen LogP contribution in [0.5, 0.6) is 5.75 Å². The Labute approximate surface area is 153 Å². The van der Waals surface area contributed by atoms with E-state index in [-0.39, 0.29) is 12.2 Å². The average molecular weight is 428 g/mol. The summed E-state index contributed by atoms with van der Waals surface area (Å²) in [6.07, 6.45) is 0. The highest BCUT2D eigenvalue weighted by Crippen LogP contribution is 2.36. The van der Waals surface area contributed by atoms with E-state index in [0.29, 0.717) is 16.9 Å². The van der Waals surface area contributed by atoms with Crippen molar-refractivity contribution in [3.63, 3.8) is 0 Å². The van der Waals surface area contributed by atoms with Crippen LogP contribution in [0.15, 0.2) is 40.9 Å². The Balaban J connectivity index is 1.76. The third-order valence-electron chi connectivity index (χ3n) is 3.88. The Morgan fingerprint density at radius 2 is 2.08 bits per heavy atom. The first-order valence-electron chi connectivity index (χ1n) is 7.47. The molecule has 132 valence electrons. The van der Waals surface area contributed by atoms with Crippen LogP contribution in [0.4, 0.5) is 4.39 Å². The molecule has 0 fully saturated rings. The zero-order chi connectivity index (χ0) is 18.2. The van der Waals surface area contributed by atoms with Crippen molar-refractivity contribution in [3.8, 4) is 5.75 Å². The number of amides is 1. The quantitative estimate of drug-likeness (QED) is 0.813. The van der Waals surface area contributed by atoms with E-state index in [9.17, 15) is 17.6 Å². The van der Waals surface area contributed by atoms with Crippen molar-refractivity contribution in [2.75, 3.05) is 6.61 Å². The molecule has 1 heterocycles. The molecule has 0 spiro atoms. The maximum atomic E-state index is 13.9. The fourth-order valence-corrected chi connectivity index (χ4v) is 4.18. The molecule has 0 saturated carbocycles. The summed E-state index contributed by atoms with van der Waals surface area (Å²) >= 11 is 3.31. The van der Waals surface area contributed by atoms with Gasteiger partial charge >= 0.3 is 0 Å². The summed E-state index contributed by atoms with van der Waals surface area (Å²) in [5.74, 6) is -2.10. The number of ether oxygens (including phenoxy) is 1. The summed E-state index contributed by atoms with van der Waals surface area (Å²) in [6.45, 7) is 1.77. The average Bonchev–Trinajstić information content (AvgIpc) is 2.92. The van der Waals surface area contributed by atoms with Crippen LogP contribution in [0.3, 0.4) is 0 Å². The second-order valence-corrected chi connectivity index (χ2v) is 8.50. The van der Waals surface area contributed by atoms with Gasteiger partial charge in [0.05, 0.1) is 5.75 Å². The Morgan fingerprint density at radius 3 is 2.80 bits per heavy atom. The summed E-state index contributed by atoms with van der Waals surface area (Å²) in [7, 11) is -4.03. The van der Waals surface area contributed by atoms with Crippen LogP contribution < -0.4 is 9.46 Å². The van der Waals surface area contributed by atoms with Gasteiger partial charge in [0.1, 0.15) is 24.1 Å². The third kappa shape index (κ3) is 4.01. The van der Waals surface area contributed by atoms with E-state index in [4.69, 9.17) is 4.74 Å². The molecule has 8 heteroatoms. The van der Waals surface area contributed by atoms with E-state index in [1.165, 1.54) is 12.1 Å². The van der Waals surface area contributed by atoms with E-state index in [2.05, 4.69) is 15.9 Å². The number of benzene rings is 2. The lowest BCUT2D eigenvalue weighted by atomic mass is 10.0. The lowest BCUT2D eigenvalue weighted by Crippen LogP contribution is -2.36. The van der Waals surface area contributed by atoms with Gasteiger partial charge in [-0.15, -0.1) is 0 Å². The molecule has 2 aromatic rings. The number of hydrogen-bond donors (Lipinski definition) is 1. The number of hydrogen-bond acceptors (Lipinski definition) is 4. The van der Waals surface area contributed by atoms with Crippen molar-refractivity contribution in [1.82, 2.24) is 4.72 Å². The predicted octanol–water partition coefficient (Wildman–Crippen LogP) is 3.02. The molecule has 1 aliphatic heterocycles. The van der Waals surface area contributed by atoms with Crippen molar-refractivity contribution >= 4 is 31.9 Å². The van der Waals surface area contributed by atoms with Gasteiger partial charge in [-0.2, -0.15) is 0 Å². The number of carbonyl (C=O) groups excluding carboxylic acids is 1. The molecule has 2 aromatic carbocycles. The zero-order valence-corrected chi connectivity index (χ0v) is 15.7. The number of aryl methyl sites for hydroxylation is 1. The van der Waals surface area contributed by atoms with Gasteiger partial charge in [-0.3, -0.25) is 9.52 Å². The highest BCUT2D eigenvalue weighted by atomic mass is 79.9. The van der Waals surface area contributed by atoms with Crippen molar-refractivity contribution < 1.29 is 22.3 Å². The van der Waals surface area contributed by atoms with E-state index in [1.54, 1.807) is 31.2 Å². The first-order chi connectivity index (χ1) is 11.7. The maximum absolute atomic E-state index is 13.9. The first kappa shape index (κ1) is 17.9. The molecule has 25 heavy (non-hydrogen) atoms. The fraction of sp³-hybridized carbons (Fsp3) is 0.235. The number of fused-ring (bicyclic) bond motifs is 1. The molecule has 1 unspecified atom stereocenters. The lowest BCUT2D eigenvalue weighted by Gasteiger charge is -2.12. The minimum atomic E-state index is -4.03. The van der Waals surface area contributed by atoms with Gasteiger partial charge in [0.2, 0.25) is 15.9 Å². The summed E-state index contributed by atoms with van der Waals surface area (Å²) in [4.78, 5) is 12.4. The van der Waals surface area contributed by atoms with Crippen LogP contribution in [0, 0.1) is 12.7 Å². The van der Waals surface area contributed by atoms with Gasteiger partial charge in [-0.1, -0.05) is 28.1 Å². The van der Waals surface area contributed by atoms with Crippen LogP contribution in [0.25, 0.3) is 0 Å². The van der Waals surface area contributed by atoms with Crippen molar-refractivity contribution in [2.24, 2.45) is 0 Å². The van der Waals surface area contributed by atoms with Gasteiger partial charge in [0, 0.05) is 15.6 Å². The van der Waals surface area contributed by atoms with E-state index in [1.807, 2.05) is 4.72 Å². The molecule has 1 atom stereocenters. The van der Waals surface area contributed by atoms with E-state index in [0.717, 1.165) is 4.47 Å². The Bertz CT molecular complexity index is 946. The fourth-order valence-electron chi connectivity index (χ4n) is 2.64. The van der Waals surface area contributed by atoms with Gasteiger partial charge in [-0.25, -0.2) is 12.8 Å². The molecule has 3 rings (SSSR count). The van der Waals surface area contributed by atoms with Gasteiger partial charge in [0.15, 0.2) is 0 Å². The topological polar surface area (TPSA) is 72.5 Å². The molecule has 1 aliphatic rings. The van der Waals surface area contributed by atoms with Gasteiger partial charge < -0.3 is 4.74 Å². The van der Waals surface area contributed by atoms with Gasteiger partial charge in [-0.05, 0) is 36.8 Å². The normalized spacial score (nSPS) is 16.2. The van der Waals surface area contributed by atoms with E-state index >= 15 is 0 Å². The minimum Gasteiger partial charge on any atom is -0.492 e. The summed E-state index contributed by atoms with van der Waals surface area (Å²) in [5.41, 5.74) is 1.31. The predicted molar refractivity (Wildman–Crippen MR) is 94.3 cm³/mol. The van der Waals surface area contributed by atoms with Crippen LogP contribution in [0.2, 0.25) is 0 Å². The van der Waals surface area contributed by atoms with Crippen molar-refractivity contribution in [3.05, 3.63) is 63.4 Å². The van der Waals surface area contributed by atoms with Gasteiger partial charge in [0.25, 0.3) is 0 Å². The number of sulfonamides is 1. The molecule has 1 amide bonds. The Hall–Kier alpha value is -1.93. The molecular formula is C17H15BrFNO4S. The third-order valence-corrected chi connectivity index (χ3v) is 5.58. The summed E-state index contributed by atoms with van der Waals surface area (Å²) < 4.78 is 46.5. The van der Waals surface area contributed by atoms with Crippen molar-refractivity contribution in [1.29, 1.82) is 0 Å². The molecule has 0 saturated heterocycles. The standard InChI is InChI=1S/C17H15BrFNO4S/c1-10-2-3-11(15(19)6-10)9-25(22,23)20-17(21)14-8-24-16-5-4-12(18)7-13(14)16/h2-7,14H,8-9H2,1H3,(H,20,21). The first-order valence-corrected chi connectivity index (χ1v) is 9.91. The second-order valence-electron chi connectivity index (χ2n) is 5.87. The van der Waals surface area contributed by atoms with Crippen LogP contribution in [0.1, 0.15) is 22.6 Å². The maximum Gasteiger partial charge on any atom is 0.244 e. The van der Waals surface area contributed by atoms with Crippen LogP contribution >= 0.6 is 15.9 Å². The molecule has 5 nitrogen and oxygen atoms in total. The zero-order valence-electron chi connectivity index (χ0n) is 13.3. The second kappa shape index (κ2) is 6.76. The van der Waals surface area contributed by atoms with Crippen molar-refractivity contribution in [2.45, 2.75) is 18.6 Å². The lowest BCUT2D eigenvalue weighted by molar-refractivity contribution is -0.120. The Morgan fingerprint density at radius 1 is 1.32 bits per heavy atom. The molecular weight excluding hydrogens is 413 g/mol. The van der Waals surface area contributed by atoms with Crippen LogP contribution in [-0.2, 0) is 20.6 Å². The smallest absolute Gasteiger partial charge is 0.244 e. The largest absolute Gasteiger partial charge is 0.492 e. The summed E-state index contributed by atoms with van der Waals surface area (Å²) in [5, 5.41) is 0. The number of nitrogens with one attached hydrogen (secondary N) is 1. The van der Waals surface area contributed by atoms with E-state index < -0.39 is 33.4 Å². The number of halogens is 2. The highest BCUT2D eigenvalue weighted by Gasteiger charge is 2.33. The minimum absolute atomic E-state index is 0.0108. The highest BCUT2D eigenvalue weighted by molar-refractivity contribution is 9.10. The number of rotatable bonds is 4. The molecule has 0 aromatic heterocycles. The SMILES string of the molecule is Cc1ccc(CS(=O)(=O)NC(=O)C2COc3ccc(Br)cc32)c(F)c1.